The molecule has 0 unspecified atom stereocenters. The Labute approximate surface area is 134 Å². The van der Waals surface area contributed by atoms with Gasteiger partial charge in [-0.2, -0.15) is 0 Å². The van der Waals surface area contributed by atoms with Gasteiger partial charge in [-0.1, -0.05) is 12.1 Å². The van der Waals surface area contributed by atoms with Crippen LogP contribution in [0.4, 0.5) is 10.1 Å². The first-order valence-corrected chi connectivity index (χ1v) is 7.10. The summed E-state index contributed by atoms with van der Waals surface area (Å²) < 4.78 is 23.8. The molecule has 5 nitrogen and oxygen atoms in total. The van der Waals surface area contributed by atoms with Crippen molar-refractivity contribution in [1.82, 2.24) is 5.32 Å². The van der Waals surface area contributed by atoms with Crippen molar-refractivity contribution in [2.45, 2.75) is 6.42 Å². The first-order valence-electron chi connectivity index (χ1n) is 7.10. The molecule has 0 bridgehead atoms. The summed E-state index contributed by atoms with van der Waals surface area (Å²) in [6, 6.07) is 9.71. The number of methoxy groups -OCH3 is 2. The van der Waals surface area contributed by atoms with Gasteiger partial charge >= 0.3 is 0 Å². The van der Waals surface area contributed by atoms with Crippen molar-refractivity contribution in [3.8, 4) is 11.5 Å². The Bertz CT molecular complexity index is 704. The number of anilines is 1. The SMILES string of the molecule is COc1ccc(CCNC(=O)c2cccc(F)c2N)cc1OC. The lowest BCUT2D eigenvalue weighted by Crippen LogP contribution is -2.26. The fourth-order valence-electron chi connectivity index (χ4n) is 2.19. The van der Waals surface area contributed by atoms with Gasteiger partial charge in [0.1, 0.15) is 5.82 Å². The van der Waals surface area contributed by atoms with Crippen LogP contribution in [0.3, 0.4) is 0 Å². The summed E-state index contributed by atoms with van der Waals surface area (Å²) >= 11 is 0. The number of nitrogens with one attached hydrogen (secondary N) is 1. The average Bonchev–Trinajstić information content (AvgIpc) is 2.57. The Morgan fingerprint density at radius 1 is 1.17 bits per heavy atom. The number of rotatable bonds is 6. The lowest BCUT2D eigenvalue weighted by atomic mass is 10.1. The first-order chi connectivity index (χ1) is 11.1. The van der Waals surface area contributed by atoms with E-state index in [4.69, 9.17) is 15.2 Å². The van der Waals surface area contributed by atoms with E-state index in [1.807, 2.05) is 12.1 Å². The fourth-order valence-corrected chi connectivity index (χ4v) is 2.19. The zero-order valence-electron chi connectivity index (χ0n) is 13.1. The van der Waals surface area contributed by atoms with Crippen LogP contribution in [-0.2, 0) is 6.42 Å². The van der Waals surface area contributed by atoms with Gasteiger partial charge in [0.25, 0.3) is 5.91 Å². The minimum atomic E-state index is -0.599. The normalized spacial score (nSPS) is 10.2. The number of nitrogens with two attached hydrogens (primary N) is 1. The molecule has 2 aromatic rings. The molecule has 0 aliphatic heterocycles. The smallest absolute Gasteiger partial charge is 0.253 e. The molecule has 1 amide bonds. The fraction of sp³-hybridized carbons (Fsp3) is 0.235. The molecule has 2 aromatic carbocycles. The van der Waals surface area contributed by atoms with E-state index in [1.54, 1.807) is 20.3 Å². The van der Waals surface area contributed by atoms with Crippen LogP contribution in [0.1, 0.15) is 15.9 Å². The first kappa shape index (κ1) is 16.6. The van der Waals surface area contributed by atoms with E-state index in [9.17, 15) is 9.18 Å². The zero-order chi connectivity index (χ0) is 16.8. The molecule has 0 saturated heterocycles. The van der Waals surface area contributed by atoms with Crippen molar-refractivity contribution in [2.24, 2.45) is 0 Å². The predicted octanol–water partition coefficient (Wildman–Crippen LogP) is 2.40. The zero-order valence-corrected chi connectivity index (χ0v) is 13.1. The number of hydrogen-bond donors (Lipinski definition) is 2. The maximum Gasteiger partial charge on any atom is 0.253 e. The molecule has 0 atom stereocenters. The predicted molar refractivity (Wildman–Crippen MR) is 86.4 cm³/mol. The van der Waals surface area contributed by atoms with E-state index in [0.717, 1.165) is 5.56 Å². The average molecular weight is 318 g/mol. The van der Waals surface area contributed by atoms with E-state index in [-0.39, 0.29) is 11.3 Å². The molecule has 6 heteroatoms. The van der Waals surface area contributed by atoms with Crippen LogP contribution in [-0.4, -0.2) is 26.7 Å². The number of amides is 1. The second-order valence-electron chi connectivity index (χ2n) is 4.90. The Morgan fingerprint density at radius 2 is 1.91 bits per heavy atom. The molecule has 0 aliphatic rings. The van der Waals surface area contributed by atoms with Crippen molar-refractivity contribution in [3.63, 3.8) is 0 Å². The third-order valence-electron chi connectivity index (χ3n) is 3.44. The monoisotopic (exact) mass is 318 g/mol. The second-order valence-corrected chi connectivity index (χ2v) is 4.90. The Kier molecular flexibility index (Phi) is 5.41. The van der Waals surface area contributed by atoms with Crippen LogP contribution >= 0.6 is 0 Å². The van der Waals surface area contributed by atoms with Gasteiger partial charge in [0.05, 0.1) is 25.5 Å². The van der Waals surface area contributed by atoms with Crippen molar-refractivity contribution >= 4 is 11.6 Å². The topological polar surface area (TPSA) is 73.6 Å². The summed E-state index contributed by atoms with van der Waals surface area (Å²) in [5, 5.41) is 2.72. The minimum Gasteiger partial charge on any atom is -0.493 e. The number of nitrogen functional groups attached to an aromatic ring is 1. The molecule has 0 aliphatic carbocycles. The van der Waals surface area contributed by atoms with Gasteiger partial charge in [-0.05, 0) is 36.2 Å². The van der Waals surface area contributed by atoms with E-state index < -0.39 is 11.7 Å². The van der Waals surface area contributed by atoms with Gasteiger partial charge in [-0.3, -0.25) is 4.79 Å². The summed E-state index contributed by atoms with van der Waals surface area (Å²) in [7, 11) is 3.14. The summed E-state index contributed by atoms with van der Waals surface area (Å²) in [6.45, 7) is 0.393. The molecule has 0 saturated carbocycles. The van der Waals surface area contributed by atoms with Gasteiger partial charge in [-0.15, -0.1) is 0 Å². The molecule has 0 heterocycles. The quantitative estimate of drug-likeness (QED) is 0.802. The highest BCUT2D eigenvalue weighted by Crippen LogP contribution is 2.27. The maximum atomic E-state index is 13.4. The number of benzene rings is 2. The molecule has 0 radical (unpaired) electrons. The van der Waals surface area contributed by atoms with Gasteiger partial charge in [0, 0.05) is 6.54 Å². The van der Waals surface area contributed by atoms with Crippen LogP contribution in [0.5, 0.6) is 11.5 Å². The number of halogens is 1. The lowest BCUT2D eigenvalue weighted by Gasteiger charge is -2.11. The molecule has 122 valence electrons. The molecule has 0 aromatic heterocycles. The number of carbonyl (C=O) groups excluding carboxylic acids is 1. The van der Waals surface area contributed by atoms with E-state index >= 15 is 0 Å². The van der Waals surface area contributed by atoms with Gasteiger partial charge < -0.3 is 20.5 Å². The molecule has 0 spiro atoms. The van der Waals surface area contributed by atoms with Crippen LogP contribution < -0.4 is 20.5 Å². The van der Waals surface area contributed by atoms with Crippen LogP contribution in [0.15, 0.2) is 36.4 Å². The number of ether oxygens (including phenoxy) is 2. The minimum absolute atomic E-state index is 0.136. The van der Waals surface area contributed by atoms with Crippen LogP contribution in [0, 0.1) is 5.82 Å². The molecule has 3 N–H and O–H groups in total. The summed E-state index contributed by atoms with van der Waals surface area (Å²) in [5.41, 5.74) is 6.55. The Morgan fingerprint density at radius 3 is 2.61 bits per heavy atom. The van der Waals surface area contributed by atoms with Crippen molar-refractivity contribution in [2.75, 3.05) is 26.5 Å². The third-order valence-corrected chi connectivity index (χ3v) is 3.44. The van der Waals surface area contributed by atoms with Gasteiger partial charge in [0.2, 0.25) is 0 Å². The van der Waals surface area contributed by atoms with Gasteiger partial charge in [-0.25, -0.2) is 4.39 Å². The van der Waals surface area contributed by atoms with Crippen molar-refractivity contribution in [3.05, 3.63) is 53.3 Å². The Balaban J connectivity index is 1.97. The van der Waals surface area contributed by atoms with Crippen molar-refractivity contribution in [1.29, 1.82) is 0 Å². The molecule has 23 heavy (non-hydrogen) atoms. The highest BCUT2D eigenvalue weighted by atomic mass is 19.1. The van der Waals surface area contributed by atoms with Crippen LogP contribution in [0.2, 0.25) is 0 Å². The number of carbonyl (C=O) groups is 1. The molecule has 0 fully saturated rings. The second kappa shape index (κ2) is 7.49. The number of para-hydroxylation sites is 1. The molecular weight excluding hydrogens is 299 g/mol. The maximum absolute atomic E-state index is 13.4. The molecule has 2 rings (SSSR count). The van der Waals surface area contributed by atoms with E-state index in [1.165, 1.54) is 18.2 Å². The van der Waals surface area contributed by atoms with E-state index in [2.05, 4.69) is 5.32 Å². The van der Waals surface area contributed by atoms with Crippen molar-refractivity contribution < 1.29 is 18.7 Å². The highest BCUT2D eigenvalue weighted by Gasteiger charge is 2.12. The third kappa shape index (κ3) is 3.91. The standard InChI is InChI=1S/C17H19FN2O3/c1-22-14-7-6-11(10-15(14)23-2)8-9-20-17(21)12-4-3-5-13(18)16(12)19/h3-7,10H,8-9,19H2,1-2H3,(H,20,21). The summed E-state index contributed by atoms with van der Waals surface area (Å²) in [4.78, 5) is 12.0. The molecular formula is C17H19FN2O3. The highest BCUT2D eigenvalue weighted by molar-refractivity contribution is 5.99. The lowest BCUT2D eigenvalue weighted by molar-refractivity contribution is 0.0954. The Hall–Kier alpha value is -2.76. The largest absolute Gasteiger partial charge is 0.493 e. The van der Waals surface area contributed by atoms with Crippen LogP contribution in [0.25, 0.3) is 0 Å². The van der Waals surface area contributed by atoms with E-state index in [0.29, 0.717) is 24.5 Å². The summed E-state index contributed by atoms with van der Waals surface area (Å²) in [6.07, 6.45) is 0.599. The summed E-state index contributed by atoms with van der Waals surface area (Å²) in [5.74, 6) is 0.276. The van der Waals surface area contributed by atoms with Gasteiger partial charge in [0.15, 0.2) is 11.5 Å². The number of hydrogen-bond acceptors (Lipinski definition) is 4.